The van der Waals surface area contributed by atoms with E-state index in [0.717, 1.165) is 19.5 Å². The molecule has 2 rings (SSSR count). The van der Waals surface area contributed by atoms with Crippen LogP contribution in [0.3, 0.4) is 0 Å². The minimum absolute atomic E-state index is 0.272. The molecule has 0 aliphatic carbocycles. The maximum Gasteiger partial charge on any atom is 0.262 e. The number of rotatable bonds is 8. The predicted molar refractivity (Wildman–Crippen MR) is 84.7 cm³/mol. The highest BCUT2D eigenvalue weighted by Crippen LogP contribution is 2.29. The van der Waals surface area contributed by atoms with Gasteiger partial charge >= 0.3 is 0 Å². The standard InChI is InChI=1S/C17H24F2N2O2/c1-3-12(11-21-9-6-10-21)17(22)20-15(16(18)19)13-7-4-5-8-14(13)23-2/h4-5,7-8,12,15-16H,3,6,9-11H2,1-2H3,(H,20,22)/t12-,15?/m0/s1. The summed E-state index contributed by atoms with van der Waals surface area (Å²) in [4.78, 5) is 14.6. The van der Waals surface area contributed by atoms with Gasteiger partial charge in [0, 0.05) is 12.1 Å². The molecule has 2 atom stereocenters. The first kappa shape index (κ1) is 17.7. The zero-order valence-electron chi connectivity index (χ0n) is 13.6. The molecular weight excluding hydrogens is 302 g/mol. The third-order valence-corrected chi connectivity index (χ3v) is 4.31. The van der Waals surface area contributed by atoms with Crippen molar-refractivity contribution in [3.63, 3.8) is 0 Å². The van der Waals surface area contributed by atoms with E-state index < -0.39 is 12.5 Å². The van der Waals surface area contributed by atoms with Gasteiger partial charge in [0.25, 0.3) is 6.43 Å². The number of halogens is 2. The van der Waals surface area contributed by atoms with Crippen molar-refractivity contribution >= 4 is 5.91 Å². The molecule has 1 saturated heterocycles. The summed E-state index contributed by atoms with van der Waals surface area (Å²) >= 11 is 0. The number of alkyl halides is 2. The van der Waals surface area contributed by atoms with Gasteiger partial charge in [-0.3, -0.25) is 4.79 Å². The number of amides is 1. The fourth-order valence-electron chi connectivity index (χ4n) is 2.74. The molecule has 1 heterocycles. The molecule has 1 fully saturated rings. The first-order chi connectivity index (χ1) is 11.1. The van der Waals surface area contributed by atoms with Crippen LogP contribution in [0.4, 0.5) is 8.78 Å². The number of nitrogens with one attached hydrogen (secondary N) is 1. The van der Waals surface area contributed by atoms with Crippen molar-refractivity contribution in [1.29, 1.82) is 0 Å². The Bertz CT molecular complexity index is 521. The van der Waals surface area contributed by atoms with Gasteiger partial charge in [0.1, 0.15) is 11.8 Å². The molecule has 0 radical (unpaired) electrons. The van der Waals surface area contributed by atoms with Gasteiger partial charge in [-0.25, -0.2) is 8.78 Å². The highest BCUT2D eigenvalue weighted by atomic mass is 19.3. The molecule has 1 aliphatic heterocycles. The quantitative estimate of drug-likeness (QED) is 0.799. The summed E-state index contributed by atoms with van der Waals surface area (Å²) in [6.45, 7) is 4.50. The van der Waals surface area contributed by atoms with Crippen molar-refractivity contribution in [2.45, 2.75) is 32.2 Å². The van der Waals surface area contributed by atoms with Crippen molar-refractivity contribution in [2.75, 3.05) is 26.7 Å². The van der Waals surface area contributed by atoms with Crippen molar-refractivity contribution in [3.8, 4) is 5.75 Å². The van der Waals surface area contributed by atoms with Crippen molar-refractivity contribution in [2.24, 2.45) is 5.92 Å². The van der Waals surface area contributed by atoms with Crippen molar-refractivity contribution in [3.05, 3.63) is 29.8 Å². The molecule has 0 bridgehead atoms. The summed E-state index contributed by atoms with van der Waals surface area (Å²) in [5.74, 6) is -0.240. The van der Waals surface area contributed by atoms with Gasteiger partial charge in [-0.05, 0) is 32.0 Å². The van der Waals surface area contributed by atoms with Crippen LogP contribution in [0.15, 0.2) is 24.3 Å². The lowest BCUT2D eigenvalue weighted by atomic mass is 10.0. The Labute approximate surface area is 135 Å². The van der Waals surface area contributed by atoms with Crippen LogP contribution in [0.2, 0.25) is 0 Å². The van der Waals surface area contributed by atoms with Crippen molar-refractivity contribution in [1.82, 2.24) is 10.2 Å². The molecule has 1 amide bonds. The van der Waals surface area contributed by atoms with Gasteiger partial charge in [0.2, 0.25) is 5.91 Å². The van der Waals surface area contributed by atoms with Crippen molar-refractivity contribution < 1.29 is 18.3 Å². The SMILES string of the molecule is CC[C@@H](CN1CCC1)C(=O)NC(c1ccccc1OC)C(F)F. The van der Waals surface area contributed by atoms with Crippen LogP contribution < -0.4 is 10.1 Å². The first-order valence-corrected chi connectivity index (χ1v) is 8.00. The second-order valence-electron chi connectivity index (χ2n) is 5.82. The number of carbonyl (C=O) groups is 1. The molecule has 1 aromatic rings. The minimum atomic E-state index is -2.70. The third kappa shape index (κ3) is 4.41. The van der Waals surface area contributed by atoms with E-state index in [2.05, 4.69) is 10.2 Å². The number of methoxy groups -OCH3 is 1. The van der Waals surface area contributed by atoms with Crippen LogP contribution in [0, 0.1) is 5.92 Å². The summed E-state index contributed by atoms with van der Waals surface area (Å²) < 4.78 is 32.1. The monoisotopic (exact) mass is 326 g/mol. The molecule has 0 aromatic heterocycles. The zero-order chi connectivity index (χ0) is 16.8. The topological polar surface area (TPSA) is 41.6 Å². The molecule has 128 valence electrons. The number of likely N-dealkylation sites (tertiary alicyclic amines) is 1. The Hall–Kier alpha value is -1.69. The second kappa shape index (κ2) is 8.24. The maximum atomic E-state index is 13.5. The van der Waals surface area contributed by atoms with E-state index in [9.17, 15) is 13.6 Å². The van der Waals surface area contributed by atoms with E-state index in [1.807, 2.05) is 6.92 Å². The van der Waals surface area contributed by atoms with E-state index in [1.165, 1.54) is 7.11 Å². The van der Waals surface area contributed by atoms with Gasteiger partial charge < -0.3 is 15.0 Å². The van der Waals surface area contributed by atoms with Crippen LogP contribution in [-0.2, 0) is 4.79 Å². The highest BCUT2D eigenvalue weighted by molar-refractivity contribution is 5.79. The number of carbonyl (C=O) groups excluding carboxylic acids is 1. The maximum absolute atomic E-state index is 13.5. The van der Waals surface area contributed by atoms with Gasteiger partial charge in [0.05, 0.1) is 13.0 Å². The van der Waals surface area contributed by atoms with E-state index in [1.54, 1.807) is 24.3 Å². The zero-order valence-corrected chi connectivity index (χ0v) is 13.6. The average Bonchev–Trinajstić information content (AvgIpc) is 2.51. The fraction of sp³-hybridized carbons (Fsp3) is 0.588. The molecule has 1 aliphatic rings. The summed E-state index contributed by atoms with van der Waals surface area (Å²) in [5.41, 5.74) is 0.303. The van der Waals surface area contributed by atoms with E-state index in [-0.39, 0.29) is 11.8 Å². The number of ether oxygens (including phenoxy) is 1. The normalized spacial score (nSPS) is 17.4. The third-order valence-electron chi connectivity index (χ3n) is 4.31. The van der Waals surface area contributed by atoms with Crippen LogP contribution in [0.5, 0.6) is 5.75 Å². The Morgan fingerprint density at radius 2 is 2.04 bits per heavy atom. The molecular formula is C17H24F2N2O2. The number of nitrogens with zero attached hydrogens (tertiary/aromatic N) is 1. The Kier molecular flexibility index (Phi) is 6.33. The molecule has 1 N–H and O–H groups in total. The van der Waals surface area contributed by atoms with Gasteiger partial charge in [-0.1, -0.05) is 25.1 Å². The Morgan fingerprint density at radius 1 is 1.35 bits per heavy atom. The first-order valence-electron chi connectivity index (χ1n) is 8.00. The second-order valence-corrected chi connectivity index (χ2v) is 5.82. The predicted octanol–water partition coefficient (Wildman–Crippen LogP) is 2.85. The number of hydrogen-bond acceptors (Lipinski definition) is 3. The summed E-state index contributed by atoms with van der Waals surface area (Å²) in [6, 6.07) is 5.20. The minimum Gasteiger partial charge on any atom is -0.496 e. The number of benzene rings is 1. The van der Waals surface area contributed by atoms with E-state index in [0.29, 0.717) is 24.3 Å². The van der Waals surface area contributed by atoms with Crippen LogP contribution >= 0.6 is 0 Å². The molecule has 0 spiro atoms. The summed E-state index contributed by atoms with van der Waals surface area (Å²) in [6.07, 6.45) is -0.930. The number of para-hydroxylation sites is 1. The average molecular weight is 326 g/mol. The van der Waals surface area contributed by atoms with E-state index >= 15 is 0 Å². The van der Waals surface area contributed by atoms with E-state index in [4.69, 9.17) is 4.74 Å². The fourth-order valence-corrected chi connectivity index (χ4v) is 2.74. The van der Waals surface area contributed by atoms with Crippen LogP contribution in [-0.4, -0.2) is 44.0 Å². The molecule has 4 nitrogen and oxygen atoms in total. The lowest BCUT2D eigenvalue weighted by molar-refractivity contribution is -0.128. The Morgan fingerprint density at radius 3 is 2.57 bits per heavy atom. The lowest BCUT2D eigenvalue weighted by Gasteiger charge is -2.34. The number of hydrogen-bond donors (Lipinski definition) is 1. The van der Waals surface area contributed by atoms with Gasteiger partial charge in [0.15, 0.2) is 0 Å². The smallest absolute Gasteiger partial charge is 0.262 e. The molecule has 1 aromatic carbocycles. The summed E-state index contributed by atoms with van der Waals surface area (Å²) in [7, 11) is 1.43. The lowest BCUT2D eigenvalue weighted by Crippen LogP contribution is -2.46. The molecule has 6 heteroatoms. The van der Waals surface area contributed by atoms with Crippen LogP contribution in [0.25, 0.3) is 0 Å². The highest BCUT2D eigenvalue weighted by Gasteiger charge is 2.30. The largest absolute Gasteiger partial charge is 0.496 e. The molecule has 0 saturated carbocycles. The van der Waals surface area contributed by atoms with Crippen LogP contribution in [0.1, 0.15) is 31.4 Å². The molecule has 1 unspecified atom stereocenters. The summed E-state index contributed by atoms with van der Waals surface area (Å²) in [5, 5.41) is 2.52. The van der Waals surface area contributed by atoms with Gasteiger partial charge in [-0.2, -0.15) is 0 Å². The van der Waals surface area contributed by atoms with Gasteiger partial charge in [-0.15, -0.1) is 0 Å². The Balaban J connectivity index is 2.09. The molecule has 23 heavy (non-hydrogen) atoms.